The number of aromatic carboxylic acids is 1. The minimum atomic E-state index is -5.01. The third-order valence-corrected chi connectivity index (χ3v) is 9.57. The summed E-state index contributed by atoms with van der Waals surface area (Å²) in [4.78, 5) is 30.6. The number of hydrogen-bond donors (Lipinski definition) is 2. The van der Waals surface area contributed by atoms with Crippen LogP contribution in [-0.2, 0) is 21.4 Å². The van der Waals surface area contributed by atoms with Crippen LogP contribution in [0.3, 0.4) is 0 Å². The molecule has 21 heteroatoms. The van der Waals surface area contributed by atoms with Crippen LogP contribution in [0.25, 0.3) is 10.2 Å². The highest BCUT2D eigenvalue weighted by molar-refractivity contribution is 7.89. The Morgan fingerprint density at radius 3 is 2.13 bits per heavy atom. The minimum Gasteiger partial charge on any atom is -0.476 e. The third kappa shape index (κ3) is 7.97. The molecule has 1 fully saturated rings. The van der Waals surface area contributed by atoms with Crippen molar-refractivity contribution in [3.05, 3.63) is 66.0 Å². The molecule has 2 aromatic heterocycles. The lowest BCUT2D eigenvalue weighted by Crippen LogP contribution is -2.60. The highest BCUT2D eigenvalue weighted by atomic mass is 32.2. The molecule has 5 rings (SSSR count). The minimum absolute atomic E-state index is 0.0258. The monoisotopic (exact) mass is 706 g/mol. The molecule has 0 radical (unpaired) electrons. The number of nitrogens with zero attached hydrogens (tertiary/aromatic N) is 5. The fraction of sp³-hybridized carbons (Fsp3) is 0.269. The van der Waals surface area contributed by atoms with Gasteiger partial charge >= 0.3 is 18.7 Å². The molecule has 0 bridgehead atoms. The molecule has 1 aliphatic rings. The van der Waals surface area contributed by atoms with E-state index in [1.54, 1.807) is 4.90 Å². The summed E-state index contributed by atoms with van der Waals surface area (Å²) >= 11 is 1.03. The van der Waals surface area contributed by atoms with Gasteiger partial charge in [0.2, 0.25) is 15.9 Å². The number of carboxylic acid groups (broad SMARTS) is 1. The lowest BCUT2D eigenvalue weighted by Gasteiger charge is -2.39. The number of fused-ring (bicyclic) bond motifs is 1. The van der Waals surface area contributed by atoms with E-state index in [4.69, 9.17) is 0 Å². The molecule has 47 heavy (non-hydrogen) atoms. The fourth-order valence-electron chi connectivity index (χ4n) is 4.55. The number of benzene rings is 2. The van der Waals surface area contributed by atoms with E-state index >= 15 is 0 Å². The number of thiazole rings is 1. The number of piperazine rings is 1. The van der Waals surface area contributed by atoms with Gasteiger partial charge in [-0.1, -0.05) is 23.5 Å². The van der Waals surface area contributed by atoms with Gasteiger partial charge in [-0.2, -0.15) is 9.40 Å². The van der Waals surface area contributed by atoms with Crippen molar-refractivity contribution in [1.29, 1.82) is 0 Å². The maximum absolute atomic E-state index is 13.7. The van der Waals surface area contributed by atoms with E-state index in [1.807, 2.05) is 0 Å². The molecule has 0 aliphatic carbocycles. The predicted octanol–water partition coefficient (Wildman–Crippen LogP) is 3.78. The van der Waals surface area contributed by atoms with Crippen LogP contribution in [0, 0.1) is 0 Å². The van der Waals surface area contributed by atoms with Gasteiger partial charge in [0.1, 0.15) is 23.1 Å². The Bertz CT molecular complexity index is 1890. The summed E-state index contributed by atoms with van der Waals surface area (Å²) in [6, 6.07) is 6.53. The Hall–Kier alpha value is -4.76. The average molecular weight is 707 g/mol. The number of halogens is 6. The first-order valence-corrected chi connectivity index (χ1v) is 15.4. The second-order valence-electron chi connectivity index (χ2n) is 9.71. The molecule has 13 nitrogen and oxygen atoms in total. The van der Waals surface area contributed by atoms with E-state index in [-0.39, 0.29) is 36.8 Å². The summed E-state index contributed by atoms with van der Waals surface area (Å²) in [5.74, 6) is -3.35. The molecule has 1 atom stereocenters. The topological polar surface area (TPSA) is 164 Å². The average Bonchev–Trinajstić information content (AvgIpc) is 3.43. The number of rotatable bonds is 9. The Morgan fingerprint density at radius 2 is 1.55 bits per heavy atom. The smallest absolute Gasteiger partial charge is 0.476 e. The van der Waals surface area contributed by atoms with Gasteiger partial charge in [-0.15, -0.1) is 31.4 Å². The van der Waals surface area contributed by atoms with E-state index in [2.05, 4.69) is 30.0 Å². The molecule has 4 aromatic rings. The van der Waals surface area contributed by atoms with Gasteiger partial charge in [0.05, 0.1) is 15.8 Å². The number of anilines is 1. The molecular formula is C26H20F6N6O7S2. The second-order valence-corrected chi connectivity index (χ2v) is 12.6. The summed E-state index contributed by atoms with van der Waals surface area (Å²) in [6.45, 7) is -0.841. The number of aromatic nitrogens is 3. The number of ether oxygens (including phenoxy) is 2. The van der Waals surface area contributed by atoms with Crippen molar-refractivity contribution in [3.63, 3.8) is 0 Å². The normalized spacial score (nSPS) is 16.2. The molecule has 1 amide bonds. The number of carboxylic acids is 1. The molecular weight excluding hydrogens is 686 g/mol. The van der Waals surface area contributed by atoms with Crippen LogP contribution in [0.15, 0.2) is 59.6 Å². The van der Waals surface area contributed by atoms with Gasteiger partial charge in [0.15, 0.2) is 10.8 Å². The maximum Gasteiger partial charge on any atom is 0.573 e. The molecule has 0 unspecified atom stereocenters. The van der Waals surface area contributed by atoms with E-state index < -0.39 is 62.8 Å². The molecule has 2 N–H and O–H groups in total. The Kier molecular flexibility index (Phi) is 9.15. The highest BCUT2D eigenvalue weighted by Gasteiger charge is 2.41. The van der Waals surface area contributed by atoms with Gasteiger partial charge in [-0.05, 0) is 42.0 Å². The third-order valence-electron chi connectivity index (χ3n) is 6.59. The van der Waals surface area contributed by atoms with Crippen LogP contribution in [0.4, 0.5) is 31.5 Å². The molecule has 0 spiro atoms. The van der Waals surface area contributed by atoms with E-state index in [9.17, 15) is 49.5 Å². The van der Waals surface area contributed by atoms with Gasteiger partial charge in [0.25, 0.3) is 0 Å². The van der Waals surface area contributed by atoms with Crippen LogP contribution >= 0.6 is 11.3 Å². The Balaban J connectivity index is 1.41. The van der Waals surface area contributed by atoms with Crippen molar-refractivity contribution >= 4 is 48.6 Å². The van der Waals surface area contributed by atoms with Crippen LogP contribution < -0.4 is 19.7 Å². The van der Waals surface area contributed by atoms with Crippen LogP contribution in [-0.4, -0.2) is 83.3 Å². The first-order valence-electron chi connectivity index (χ1n) is 13.1. The number of nitrogens with one attached hydrogen (secondary N) is 1. The van der Waals surface area contributed by atoms with Gasteiger partial charge < -0.3 is 24.8 Å². The van der Waals surface area contributed by atoms with Crippen LogP contribution in [0.2, 0.25) is 0 Å². The maximum atomic E-state index is 13.7. The van der Waals surface area contributed by atoms with E-state index in [1.165, 1.54) is 18.3 Å². The quantitative estimate of drug-likeness (QED) is 0.244. The number of amides is 1. The van der Waals surface area contributed by atoms with Crippen molar-refractivity contribution in [2.75, 3.05) is 24.5 Å². The summed E-state index contributed by atoms with van der Waals surface area (Å²) in [7, 11) is -4.50. The molecule has 2 aromatic carbocycles. The van der Waals surface area contributed by atoms with Crippen LogP contribution in [0.5, 0.6) is 11.5 Å². The summed E-state index contributed by atoms with van der Waals surface area (Å²) in [5.41, 5.74) is -0.0321. The summed E-state index contributed by atoms with van der Waals surface area (Å²) in [5, 5.41) is 19.5. The number of sulfonamides is 1. The molecule has 1 aliphatic heterocycles. The van der Waals surface area contributed by atoms with Crippen molar-refractivity contribution < 1.29 is 58.9 Å². The van der Waals surface area contributed by atoms with Gasteiger partial charge in [-0.25, -0.2) is 18.2 Å². The second kappa shape index (κ2) is 12.8. The molecule has 3 heterocycles. The van der Waals surface area contributed by atoms with Crippen molar-refractivity contribution in [2.24, 2.45) is 0 Å². The standard InChI is InChI=1S/C26H20F6N6O7S2/c27-25(28,29)44-15-3-1-14(2-4-15)11-33-22(39)18-13-37(24-35-20-19(46-24)12-34-36-21(20)23(40)41)9-10-38(18)47(42,43)17-7-5-16(6-8-17)45-26(30,31)32/h1-8,12,18H,9-11,13H2,(H,33,39)(H,40,41)/t18-/m1/s1. The lowest BCUT2D eigenvalue weighted by molar-refractivity contribution is -0.275. The molecule has 0 saturated carbocycles. The zero-order valence-corrected chi connectivity index (χ0v) is 25.0. The zero-order valence-electron chi connectivity index (χ0n) is 23.3. The van der Waals surface area contributed by atoms with Crippen molar-refractivity contribution in [3.8, 4) is 11.5 Å². The summed E-state index contributed by atoms with van der Waals surface area (Å²) < 4.78 is 112. The Labute approximate surface area is 264 Å². The van der Waals surface area contributed by atoms with E-state index in [0.717, 1.165) is 52.0 Å². The predicted molar refractivity (Wildman–Crippen MR) is 150 cm³/mol. The Morgan fingerprint density at radius 1 is 0.957 bits per heavy atom. The van der Waals surface area contributed by atoms with Crippen molar-refractivity contribution in [2.45, 2.75) is 30.2 Å². The number of alkyl halides is 6. The molecule has 250 valence electrons. The SMILES string of the molecule is O=C(O)c1nncc2sc(N3CCN(S(=O)(=O)c4ccc(OC(F)(F)F)cc4)[C@@H](C(=O)NCc4ccc(OC(F)(F)F)cc4)C3)nc12. The first-order chi connectivity index (χ1) is 22.0. The van der Waals surface area contributed by atoms with E-state index in [0.29, 0.717) is 10.3 Å². The first kappa shape index (κ1) is 33.6. The number of carbonyl (C=O) groups excluding carboxylic acids is 1. The summed E-state index contributed by atoms with van der Waals surface area (Å²) in [6.07, 6.45) is -8.62. The fourth-order valence-corrected chi connectivity index (χ4v) is 7.09. The van der Waals surface area contributed by atoms with Crippen molar-refractivity contribution in [1.82, 2.24) is 24.8 Å². The lowest BCUT2D eigenvalue weighted by atomic mass is 10.1. The molecule has 1 saturated heterocycles. The highest BCUT2D eigenvalue weighted by Crippen LogP contribution is 2.33. The van der Waals surface area contributed by atoms with Crippen LogP contribution in [0.1, 0.15) is 16.1 Å². The number of hydrogen-bond acceptors (Lipinski definition) is 11. The van der Waals surface area contributed by atoms with Gasteiger partial charge in [-0.3, -0.25) is 4.79 Å². The zero-order chi connectivity index (χ0) is 34.1. The van der Waals surface area contributed by atoms with Gasteiger partial charge in [0, 0.05) is 26.2 Å². The number of carbonyl (C=O) groups is 2. The largest absolute Gasteiger partial charge is 0.573 e.